The molecule has 1 amide bonds. The van der Waals surface area contributed by atoms with Crippen LogP contribution >= 0.6 is 11.3 Å². The number of sulfonamides is 1. The Morgan fingerprint density at radius 3 is 2.41 bits per heavy atom. The number of thiazole rings is 1. The summed E-state index contributed by atoms with van der Waals surface area (Å²) in [4.78, 5) is 27.8. The lowest BCUT2D eigenvalue weighted by Crippen LogP contribution is -2.22. The highest BCUT2D eigenvalue weighted by atomic mass is 32.2. The minimum absolute atomic E-state index is 0.0300. The van der Waals surface area contributed by atoms with Gasteiger partial charge in [0, 0.05) is 38.3 Å². The van der Waals surface area contributed by atoms with Crippen LogP contribution in [-0.2, 0) is 16.6 Å². The Morgan fingerprint density at radius 2 is 1.86 bits per heavy atom. The molecule has 0 atom stereocenters. The highest BCUT2D eigenvalue weighted by Crippen LogP contribution is 2.23. The van der Waals surface area contributed by atoms with Crippen LogP contribution in [0, 0.1) is 10.1 Å². The number of benzene rings is 2. The zero-order valence-electron chi connectivity index (χ0n) is 15.9. The topological polar surface area (TPSA) is 115 Å². The van der Waals surface area contributed by atoms with Crippen molar-refractivity contribution < 1.29 is 18.1 Å². The van der Waals surface area contributed by atoms with E-state index in [-0.39, 0.29) is 16.1 Å². The Kier molecular flexibility index (Phi) is 5.64. The van der Waals surface area contributed by atoms with Gasteiger partial charge < -0.3 is 4.57 Å². The number of aromatic nitrogens is 1. The van der Waals surface area contributed by atoms with Crippen LogP contribution in [0.15, 0.2) is 52.4 Å². The SMILES string of the molecule is CCn1c(=NC(=O)c2ccc(S(=O)(=O)N(C)C)cc2)sc2cc([N+](=O)[O-])ccc21. The van der Waals surface area contributed by atoms with E-state index in [0.29, 0.717) is 16.0 Å². The number of carbonyl (C=O) groups is 1. The van der Waals surface area contributed by atoms with E-state index in [4.69, 9.17) is 0 Å². The van der Waals surface area contributed by atoms with Crippen LogP contribution in [0.2, 0.25) is 0 Å². The van der Waals surface area contributed by atoms with Gasteiger partial charge >= 0.3 is 0 Å². The fraction of sp³-hybridized carbons (Fsp3) is 0.222. The second-order valence-corrected chi connectivity index (χ2v) is 9.43. The van der Waals surface area contributed by atoms with Gasteiger partial charge in [0.2, 0.25) is 10.0 Å². The summed E-state index contributed by atoms with van der Waals surface area (Å²) in [7, 11) is -0.724. The van der Waals surface area contributed by atoms with Gasteiger partial charge in [-0.25, -0.2) is 12.7 Å². The molecule has 1 heterocycles. The van der Waals surface area contributed by atoms with Gasteiger partial charge in [-0.15, -0.1) is 0 Å². The number of aryl methyl sites for hydroxylation is 1. The maximum atomic E-state index is 12.6. The number of hydrogen-bond acceptors (Lipinski definition) is 6. The quantitative estimate of drug-likeness (QED) is 0.452. The lowest BCUT2D eigenvalue weighted by atomic mass is 10.2. The maximum Gasteiger partial charge on any atom is 0.279 e. The molecule has 2 aromatic carbocycles. The average Bonchev–Trinajstić information content (AvgIpc) is 3.03. The third-order valence-corrected chi connectivity index (χ3v) is 7.14. The number of rotatable bonds is 5. The summed E-state index contributed by atoms with van der Waals surface area (Å²) < 4.78 is 27.8. The number of nitrogens with zero attached hydrogens (tertiary/aromatic N) is 4. The van der Waals surface area contributed by atoms with Gasteiger partial charge in [-0.05, 0) is 37.3 Å². The molecule has 9 nitrogen and oxygen atoms in total. The molecule has 0 saturated carbocycles. The summed E-state index contributed by atoms with van der Waals surface area (Å²) in [5.41, 5.74) is 0.966. The number of fused-ring (bicyclic) bond motifs is 1. The molecule has 0 spiro atoms. The van der Waals surface area contributed by atoms with Crippen molar-refractivity contribution in [1.29, 1.82) is 0 Å². The first kappa shape index (κ1) is 20.8. The van der Waals surface area contributed by atoms with E-state index in [1.165, 1.54) is 61.8 Å². The average molecular weight is 434 g/mol. The van der Waals surface area contributed by atoms with Crippen LogP contribution in [0.4, 0.5) is 5.69 Å². The fourth-order valence-corrected chi connectivity index (χ4v) is 4.73. The van der Waals surface area contributed by atoms with Crippen LogP contribution in [0.3, 0.4) is 0 Å². The van der Waals surface area contributed by atoms with E-state index >= 15 is 0 Å². The van der Waals surface area contributed by atoms with E-state index in [2.05, 4.69) is 4.99 Å². The third-order valence-electron chi connectivity index (χ3n) is 4.27. The van der Waals surface area contributed by atoms with E-state index in [9.17, 15) is 23.3 Å². The summed E-state index contributed by atoms with van der Waals surface area (Å²) in [5, 5.41) is 11.0. The second kappa shape index (κ2) is 7.85. The molecule has 3 aromatic rings. The van der Waals surface area contributed by atoms with Gasteiger partial charge in [0.05, 0.1) is 20.0 Å². The molecule has 0 saturated heterocycles. The van der Waals surface area contributed by atoms with Crippen LogP contribution in [0.1, 0.15) is 17.3 Å². The lowest BCUT2D eigenvalue weighted by molar-refractivity contribution is -0.384. The van der Waals surface area contributed by atoms with Crippen molar-refractivity contribution in [3.05, 3.63) is 62.9 Å². The van der Waals surface area contributed by atoms with Crippen LogP contribution in [-0.4, -0.2) is 42.2 Å². The van der Waals surface area contributed by atoms with E-state index in [1.807, 2.05) is 6.92 Å². The van der Waals surface area contributed by atoms with Crippen molar-refractivity contribution in [1.82, 2.24) is 8.87 Å². The molecule has 0 aliphatic heterocycles. The Hall–Kier alpha value is -2.89. The highest BCUT2D eigenvalue weighted by molar-refractivity contribution is 7.89. The highest BCUT2D eigenvalue weighted by Gasteiger charge is 2.18. The molecule has 3 rings (SSSR count). The molecule has 0 unspecified atom stereocenters. The number of nitro benzene ring substituents is 1. The van der Waals surface area contributed by atoms with Crippen molar-refractivity contribution in [3.8, 4) is 0 Å². The smallest absolute Gasteiger partial charge is 0.279 e. The molecule has 29 heavy (non-hydrogen) atoms. The Labute approximate surface area is 170 Å². The molecule has 152 valence electrons. The Morgan fingerprint density at radius 1 is 1.21 bits per heavy atom. The first-order valence-electron chi connectivity index (χ1n) is 8.54. The number of amides is 1. The van der Waals surface area contributed by atoms with Crippen molar-refractivity contribution in [3.63, 3.8) is 0 Å². The molecule has 0 N–H and O–H groups in total. The maximum absolute atomic E-state index is 12.6. The fourth-order valence-electron chi connectivity index (χ4n) is 2.70. The Balaban J connectivity index is 2.02. The van der Waals surface area contributed by atoms with Gasteiger partial charge in [0.15, 0.2) is 4.80 Å². The van der Waals surface area contributed by atoms with Crippen molar-refractivity contribution >= 4 is 43.2 Å². The third kappa shape index (κ3) is 3.97. The summed E-state index contributed by atoms with van der Waals surface area (Å²) in [6.45, 7) is 2.42. The molecule has 0 aliphatic carbocycles. The predicted molar refractivity (Wildman–Crippen MR) is 109 cm³/mol. The van der Waals surface area contributed by atoms with Gasteiger partial charge in [0.25, 0.3) is 11.6 Å². The summed E-state index contributed by atoms with van der Waals surface area (Å²) >= 11 is 1.18. The summed E-state index contributed by atoms with van der Waals surface area (Å²) in [6, 6.07) is 10.1. The van der Waals surface area contributed by atoms with Crippen LogP contribution in [0.5, 0.6) is 0 Å². The minimum atomic E-state index is -3.58. The zero-order chi connectivity index (χ0) is 21.3. The van der Waals surface area contributed by atoms with Crippen molar-refractivity contribution in [2.24, 2.45) is 4.99 Å². The molecule has 0 bridgehead atoms. The number of non-ortho nitro benzene ring substituents is 1. The van der Waals surface area contributed by atoms with Gasteiger partial charge in [-0.3, -0.25) is 14.9 Å². The van der Waals surface area contributed by atoms with E-state index < -0.39 is 20.9 Å². The number of nitro groups is 1. The molecule has 0 radical (unpaired) electrons. The molecule has 11 heteroatoms. The first-order chi connectivity index (χ1) is 13.6. The minimum Gasteiger partial charge on any atom is -0.317 e. The van der Waals surface area contributed by atoms with Gasteiger partial charge in [-0.1, -0.05) is 11.3 Å². The standard InChI is InChI=1S/C18H18N4O5S2/c1-4-21-15-10-7-13(22(24)25)11-16(15)28-18(21)19-17(23)12-5-8-14(9-6-12)29(26,27)20(2)3/h5-11H,4H2,1-3H3. The van der Waals surface area contributed by atoms with Gasteiger partial charge in [0.1, 0.15) is 0 Å². The lowest BCUT2D eigenvalue weighted by Gasteiger charge is -2.11. The largest absolute Gasteiger partial charge is 0.317 e. The molecule has 0 fully saturated rings. The summed E-state index contributed by atoms with van der Waals surface area (Å²) in [5.74, 6) is -0.526. The Bertz CT molecular complexity index is 1270. The molecular weight excluding hydrogens is 416 g/mol. The number of hydrogen-bond donors (Lipinski definition) is 0. The normalized spacial score (nSPS) is 12.6. The summed E-state index contributed by atoms with van der Waals surface area (Å²) in [6.07, 6.45) is 0. The van der Waals surface area contributed by atoms with Crippen molar-refractivity contribution in [2.75, 3.05) is 14.1 Å². The van der Waals surface area contributed by atoms with E-state index in [1.54, 1.807) is 10.6 Å². The molecular formula is C18H18N4O5S2. The van der Waals surface area contributed by atoms with Gasteiger partial charge in [-0.2, -0.15) is 4.99 Å². The van der Waals surface area contributed by atoms with Crippen LogP contribution in [0.25, 0.3) is 10.2 Å². The van der Waals surface area contributed by atoms with Crippen LogP contribution < -0.4 is 4.80 Å². The predicted octanol–water partition coefficient (Wildman–Crippen LogP) is 2.62. The first-order valence-corrected chi connectivity index (χ1v) is 10.8. The van der Waals surface area contributed by atoms with Crippen molar-refractivity contribution in [2.45, 2.75) is 18.4 Å². The monoisotopic (exact) mass is 434 g/mol. The second-order valence-electron chi connectivity index (χ2n) is 6.27. The van der Waals surface area contributed by atoms with E-state index in [0.717, 1.165) is 9.82 Å². The molecule has 1 aromatic heterocycles. The molecule has 0 aliphatic rings. The zero-order valence-corrected chi connectivity index (χ0v) is 17.5. The number of carbonyl (C=O) groups excluding carboxylic acids is 1.